The molecule has 5 nitrogen and oxygen atoms in total. The molecule has 3 aromatic rings. The van der Waals surface area contributed by atoms with E-state index in [4.69, 9.17) is 11.6 Å². The summed E-state index contributed by atoms with van der Waals surface area (Å²) < 4.78 is 0. The van der Waals surface area contributed by atoms with E-state index in [-0.39, 0.29) is 10.8 Å². The van der Waals surface area contributed by atoms with E-state index < -0.39 is 5.91 Å². The molecule has 0 radical (unpaired) electrons. The lowest BCUT2D eigenvalue weighted by molar-refractivity contribution is 0.0955. The maximum Gasteiger partial charge on any atom is 0.271 e. The van der Waals surface area contributed by atoms with Crippen molar-refractivity contribution in [2.45, 2.75) is 6.92 Å². The molecule has 3 rings (SSSR count). The summed E-state index contributed by atoms with van der Waals surface area (Å²) in [7, 11) is 0. The highest BCUT2D eigenvalue weighted by Gasteiger charge is 2.08. The van der Waals surface area contributed by atoms with Crippen molar-refractivity contribution in [3.8, 4) is 17.6 Å². The third-order valence-electron chi connectivity index (χ3n) is 4.22. The predicted molar refractivity (Wildman–Crippen MR) is 118 cm³/mol. The van der Waals surface area contributed by atoms with Gasteiger partial charge in [0.2, 0.25) is 0 Å². The SMILES string of the molecule is CCNCC#Cc1ccc(/C=N/NC(=O)c2ccc(O)c(Cl)c2)c2ccccc12. The number of benzene rings is 3. The molecule has 0 unspecified atom stereocenters. The van der Waals surface area contributed by atoms with Crippen LogP contribution in [0.4, 0.5) is 0 Å². The molecular weight excluding hydrogens is 386 g/mol. The fourth-order valence-corrected chi connectivity index (χ4v) is 2.92. The summed E-state index contributed by atoms with van der Waals surface area (Å²) in [6, 6.07) is 16.0. The minimum atomic E-state index is -0.418. The van der Waals surface area contributed by atoms with Gasteiger partial charge in [-0.15, -0.1) is 0 Å². The Balaban J connectivity index is 1.80. The van der Waals surface area contributed by atoms with Crippen molar-refractivity contribution in [2.24, 2.45) is 5.10 Å². The Morgan fingerprint density at radius 1 is 1.17 bits per heavy atom. The Hall–Kier alpha value is -3.33. The molecule has 146 valence electrons. The molecule has 3 aromatic carbocycles. The van der Waals surface area contributed by atoms with Crippen LogP contribution < -0.4 is 10.7 Å². The molecular formula is C23H20ClN3O2. The second kappa shape index (κ2) is 9.74. The van der Waals surface area contributed by atoms with Gasteiger partial charge in [0, 0.05) is 16.7 Å². The molecule has 0 bridgehead atoms. The summed E-state index contributed by atoms with van der Waals surface area (Å²) in [6.07, 6.45) is 1.60. The van der Waals surface area contributed by atoms with Crippen LogP contribution in [0, 0.1) is 11.8 Å². The van der Waals surface area contributed by atoms with Crippen molar-refractivity contribution in [3.05, 3.63) is 76.3 Å². The van der Waals surface area contributed by atoms with Gasteiger partial charge in [0.15, 0.2) is 0 Å². The Bertz CT molecular complexity index is 1130. The maximum absolute atomic E-state index is 12.2. The van der Waals surface area contributed by atoms with E-state index in [1.807, 2.05) is 43.3 Å². The quantitative estimate of drug-likeness (QED) is 0.260. The Morgan fingerprint density at radius 3 is 2.72 bits per heavy atom. The van der Waals surface area contributed by atoms with Gasteiger partial charge in [-0.25, -0.2) is 5.43 Å². The molecule has 0 saturated heterocycles. The number of carbonyl (C=O) groups excluding carboxylic acids is 1. The van der Waals surface area contributed by atoms with Gasteiger partial charge in [0.1, 0.15) is 5.75 Å². The molecule has 29 heavy (non-hydrogen) atoms. The van der Waals surface area contributed by atoms with Gasteiger partial charge in [0.05, 0.1) is 17.8 Å². The smallest absolute Gasteiger partial charge is 0.271 e. The lowest BCUT2D eigenvalue weighted by atomic mass is 10.0. The number of hydrogen-bond donors (Lipinski definition) is 3. The first-order valence-electron chi connectivity index (χ1n) is 9.13. The molecule has 0 aliphatic heterocycles. The first-order valence-corrected chi connectivity index (χ1v) is 9.51. The normalized spacial score (nSPS) is 10.7. The highest BCUT2D eigenvalue weighted by atomic mass is 35.5. The number of phenols is 1. The van der Waals surface area contributed by atoms with Crippen LogP contribution in [-0.2, 0) is 0 Å². The van der Waals surface area contributed by atoms with Gasteiger partial charge in [-0.3, -0.25) is 4.79 Å². The number of carbonyl (C=O) groups is 1. The van der Waals surface area contributed by atoms with Gasteiger partial charge in [0.25, 0.3) is 5.91 Å². The van der Waals surface area contributed by atoms with Crippen LogP contribution in [0.2, 0.25) is 5.02 Å². The Labute approximate surface area is 174 Å². The number of rotatable bonds is 5. The first-order chi connectivity index (χ1) is 14.1. The van der Waals surface area contributed by atoms with Crippen molar-refractivity contribution in [1.29, 1.82) is 0 Å². The zero-order chi connectivity index (χ0) is 20.6. The van der Waals surface area contributed by atoms with Gasteiger partial charge >= 0.3 is 0 Å². The highest BCUT2D eigenvalue weighted by molar-refractivity contribution is 6.32. The topological polar surface area (TPSA) is 73.7 Å². The van der Waals surface area contributed by atoms with Crippen molar-refractivity contribution < 1.29 is 9.90 Å². The predicted octanol–water partition coefficient (Wildman–Crippen LogP) is 3.92. The number of hydrazone groups is 1. The van der Waals surface area contributed by atoms with E-state index in [0.717, 1.165) is 28.4 Å². The molecule has 0 spiro atoms. The standard InChI is InChI=1S/C23H20ClN3O2/c1-2-25-13-5-6-16-9-10-18(20-8-4-3-7-19(16)20)15-26-27-23(29)17-11-12-22(28)21(24)14-17/h3-4,7-12,14-15,25,28H,2,13H2,1H3,(H,27,29)/b26-15+. The maximum atomic E-state index is 12.2. The lowest BCUT2D eigenvalue weighted by Gasteiger charge is -2.05. The number of halogens is 1. The molecule has 0 aliphatic rings. The molecule has 0 aliphatic carbocycles. The average Bonchev–Trinajstić information content (AvgIpc) is 2.74. The van der Waals surface area contributed by atoms with Gasteiger partial charge in [-0.05, 0) is 41.6 Å². The molecule has 0 heterocycles. The van der Waals surface area contributed by atoms with Crippen molar-refractivity contribution in [1.82, 2.24) is 10.7 Å². The van der Waals surface area contributed by atoms with E-state index in [1.165, 1.54) is 18.2 Å². The second-order valence-electron chi connectivity index (χ2n) is 6.20. The summed E-state index contributed by atoms with van der Waals surface area (Å²) >= 11 is 5.84. The van der Waals surface area contributed by atoms with Crippen LogP contribution in [0.25, 0.3) is 10.8 Å². The second-order valence-corrected chi connectivity index (χ2v) is 6.60. The third-order valence-corrected chi connectivity index (χ3v) is 4.53. The summed E-state index contributed by atoms with van der Waals surface area (Å²) in [6.45, 7) is 3.56. The number of aromatic hydroxyl groups is 1. The number of fused-ring (bicyclic) bond motifs is 1. The van der Waals surface area contributed by atoms with E-state index in [2.05, 4.69) is 27.7 Å². The van der Waals surface area contributed by atoms with Crippen molar-refractivity contribution >= 4 is 34.5 Å². The molecule has 0 aromatic heterocycles. The third kappa shape index (κ3) is 5.14. The van der Waals surface area contributed by atoms with Gasteiger partial charge < -0.3 is 10.4 Å². The van der Waals surface area contributed by atoms with E-state index >= 15 is 0 Å². The number of nitrogens with one attached hydrogen (secondary N) is 2. The van der Waals surface area contributed by atoms with E-state index in [0.29, 0.717) is 12.1 Å². The number of hydrogen-bond acceptors (Lipinski definition) is 4. The minimum absolute atomic E-state index is 0.0770. The summed E-state index contributed by atoms with van der Waals surface area (Å²) in [5.74, 6) is 5.82. The van der Waals surface area contributed by atoms with Crippen LogP contribution in [0.1, 0.15) is 28.4 Å². The average molecular weight is 406 g/mol. The van der Waals surface area contributed by atoms with Crippen LogP contribution in [0.5, 0.6) is 5.75 Å². The lowest BCUT2D eigenvalue weighted by Crippen LogP contribution is -2.17. The number of nitrogens with zero attached hydrogens (tertiary/aromatic N) is 1. The largest absolute Gasteiger partial charge is 0.506 e. The summed E-state index contributed by atoms with van der Waals surface area (Å²) in [4.78, 5) is 12.2. The molecule has 0 fully saturated rings. The molecule has 3 N–H and O–H groups in total. The van der Waals surface area contributed by atoms with Crippen molar-refractivity contribution in [2.75, 3.05) is 13.1 Å². The fraction of sp³-hybridized carbons (Fsp3) is 0.130. The highest BCUT2D eigenvalue weighted by Crippen LogP contribution is 2.24. The van der Waals surface area contributed by atoms with Crippen LogP contribution >= 0.6 is 11.6 Å². The van der Waals surface area contributed by atoms with Crippen LogP contribution in [-0.4, -0.2) is 30.3 Å². The molecule has 0 saturated carbocycles. The number of amides is 1. The zero-order valence-corrected chi connectivity index (χ0v) is 16.6. The van der Waals surface area contributed by atoms with Gasteiger partial charge in [-0.1, -0.05) is 60.7 Å². The molecule has 0 atom stereocenters. The summed E-state index contributed by atoms with van der Waals surface area (Å²) in [5.41, 5.74) is 4.59. The number of phenolic OH excluding ortho intramolecular Hbond substituents is 1. The molecule has 1 amide bonds. The summed E-state index contributed by atoms with van der Waals surface area (Å²) in [5, 5.41) is 18.8. The van der Waals surface area contributed by atoms with Crippen LogP contribution in [0.3, 0.4) is 0 Å². The Kier molecular flexibility index (Phi) is 6.85. The molecule has 6 heteroatoms. The minimum Gasteiger partial charge on any atom is -0.506 e. The first kappa shape index (κ1) is 20.4. The van der Waals surface area contributed by atoms with Gasteiger partial charge in [-0.2, -0.15) is 5.10 Å². The fourth-order valence-electron chi connectivity index (χ4n) is 2.74. The zero-order valence-electron chi connectivity index (χ0n) is 15.9. The van der Waals surface area contributed by atoms with Crippen molar-refractivity contribution in [3.63, 3.8) is 0 Å². The van der Waals surface area contributed by atoms with E-state index in [9.17, 15) is 9.90 Å². The Morgan fingerprint density at radius 2 is 1.97 bits per heavy atom. The van der Waals surface area contributed by atoms with E-state index in [1.54, 1.807) is 6.21 Å². The van der Waals surface area contributed by atoms with Crippen LogP contribution in [0.15, 0.2) is 59.7 Å². The monoisotopic (exact) mass is 405 g/mol.